The minimum absolute atomic E-state index is 0.142. The van der Waals surface area contributed by atoms with Crippen molar-refractivity contribution in [3.63, 3.8) is 0 Å². The summed E-state index contributed by atoms with van der Waals surface area (Å²) in [6, 6.07) is 2.24. The Morgan fingerprint density at radius 1 is 1.45 bits per heavy atom. The van der Waals surface area contributed by atoms with Crippen LogP contribution in [-0.4, -0.2) is 4.98 Å². The number of hydrogen-bond acceptors (Lipinski definition) is 1. The zero-order valence-electron chi connectivity index (χ0n) is 7.39. The molecular weight excluding hydrogens is 136 g/mol. The summed E-state index contributed by atoms with van der Waals surface area (Å²) < 4.78 is 0. The average Bonchev–Trinajstić information content (AvgIpc) is 2.34. The summed E-state index contributed by atoms with van der Waals surface area (Å²) in [7, 11) is 0. The van der Waals surface area contributed by atoms with Crippen LogP contribution in [0.3, 0.4) is 0 Å². The molecule has 2 heteroatoms. The second-order valence-corrected chi connectivity index (χ2v) is 3.40. The zero-order chi connectivity index (χ0) is 8.43. The molecule has 0 aliphatic heterocycles. The average molecular weight is 152 g/mol. The number of nitrogens with one attached hydrogen (secondary N) is 1. The van der Waals surface area contributed by atoms with Gasteiger partial charge in [-0.3, -0.25) is 0 Å². The molecule has 2 nitrogen and oxygen atoms in total. The first-order valence-electron chi connectivity index (χ1n) is 4.01. The molecule has 3 N–H and O–H groups in total. The van der Waals surface area contributed by atoms with E-state index in [1.54, 1.807) is 0 Å². The van der Waals surface area contributed by atoms with Crippen LogP contribution in [-0.2, 0) is 0 Å². The van der Waals surface area contributed by atoms with Gasteiger partial charge in [0.1, 0.15) is 0 Å². The topological polar surface area (TPSA) is 41.8 Å². The predicted octanol–water partition coefficient (Wildman–Crippen LogP) is 1.98. The SMILES string of the molecule is Cc1c[nH]c([C@@H](N)C(C)C)c1. The van der Waals surface area contributed by atoms with E-state index in [-0.39, 0.29) is 6.04 Å². The van der Waals surface area contributed by atoms with Crippen LogP contribution in [0.15, 0.2) is 12.3 Å². The molecule has 0 amide bonds. The number of hydrogen-bond donors (Lipinski definition) is 2. The van der Waals surface area contributed by atoms with Gasteiger partial charge in [-0.05, 0) is 24.5 Å². The first-order chi connectivity index (χ1) is 5.11. The first kappa shape index (κ1) is 8.34. The number of aryl methyl sites for hydroxylation is 1. The van der Waals surface area contributed by atoms with E-state index in [1.165, 1.54) is 5.56 Å². The number of aromatic nitrogens is 1. The third-order valence-corrected chi connectivity index (χ3v) is 1.93. The Kier molecular flexibility index (Phi) is 2.35. The number of aromatic amines is 1. The molecule has 1 aromatic heterocycles. The summed E-state index contributed by atoms with van der Waals surface area (Å²) in [6.45, 7) is 6.31. The molecule has 0 spiro atoms. The van der Waals surface area contributed by atoms with E-state index in [9.17, 15) is 0 Å². The summed E-state index contributed by atoms with van der Waals surface area (Å²) in [4.78, 5) is 3.16. The van der Waals surface area contributed by atoms with Crippen molar-refractivity contribution >= 4 is 0 Å². The fourth-order valence-corrected chi connectivity index (χ4v) is 1.08. The van der Waals surface area contributed by atoms with Crippen LogP contribution in [0.25, 0.3) is 0 Å². The van der Waals surface area contributed by atoms with Gasteiger partial charge >= 0.3 is 0 Å². The highest BCUT2D eigenvalue weighted by Crippen LogP contribution is 2.17. The highest BCUT2D eigenvalue weighted by Gasteiger charge is 2.10. The maximum atomic E-state index is 5.92. The monoisotopic (exact) mass is 152 g/mol. The minimum Gasteiger partial charge on any atom is -0.363 e. The smallest absolute Gasteiger partial charge is 0.0471 e. The van der Waals surface area contributed by atoms with Crippen LogP contribution in [0.1, 0.15) is 31.1 Å². The Balaban J connectivity index is 2.76. The van der Waals surface area contributed by atoms with Gasteiger partial charge in [0, 0.05) is 17.9 Å². The molecule has 0 radical (unpaired) electrons. The van der Waals surface area contributed by atoms with Crippen LogP contribution in [0.2, 0.25) is 0 Å². The fourth-order valence-electron chi connectivity index (χ4n) is 1.08. The molecule has 0 saturated carbocycles. The van der Waals surface area contributed by atoms with E-state index < -0.39 is 0 Å². The number of rotatable bonds is 2. The maximum Gasteiger partial charge on any atom is 0.0471 e. The van der Waals surface area contributed by atoms with E-state index in [0.717, 1.165) is 5.69 Å². The van der Waals surface area contributed by atoms with Gasteiger partial charge in [0.25, 0.3) is 0 Å². The van der Waals surface area contributed by atoms with E-state index >= 15 is 0 Å². The van der Waals surface area contributed by atoms with Crippen molar-refractivity contribution in [2.75, 3.05) is 0 Å². The summed E-state index contributed by atoms with van der Waals surface area (Å²) >= 11 is 0. The van der Waals surface area contributed by atoms with E-state index in [2.05, 4.69) is 31.8 Å². The molecule has 0 bridgehead atoms. The highest BCUT2D eigenvalue weighted by molar-refractivity contribution is 5.17. The number of nitrogens with two attached hydrogens (primary N) is 1. The van der Waals surface area contributed by atoms with Crippen LogP contribution >= 0.6 is 0 Å². The Labute approximate surface area is 67.8 Å². The van der Waals surface area contributed by atoms with Crippen molar-refractivity contribution in [1.29, 1.82) is 0 Å². The molecule has 1 atom stereocenters. The molecule has 1 aromatic rings. The molecule has 11 heavy (non-hydrogen) atoms. The first-order valence-corrected chi connectivity index (χ1v) is 4.01. The van der Waals surface area contributed by atoms with Crippen LogP contribution in [0.4, 0.5) is 0 Å². The van der Waals surface area contributed by atoms with Gasteiger partial charge in [0.2, 0.25) is 0 Å². The van der Waals surface area contributed by atoms with E-state index in [4.69, 9.17) is 5.73 Å². The minimum atomic E-state index is 0.142. The lowest BCUT2D eigenvalue weighted by atomic mass is 10.0. The molecule has 0 saturated heterocycles. The predicted molar refractivity (Wildman–Crippen MR) is 47.3 cm³/mol. The molecule has 1 rings (SSSR count). The van der Waals surface area contributed by atoms with Gasteiger partial charge in [0.15, 0.2) is 0 Å². The lowest BCUT2D eigenvalue weighted by molar-refractivity contribution is 0.505. The molecule has 0 fully saturated rings. The van der Waals surface area contributed by atoms with Crippen LogP contribution in [0, 0.1) is 12.8 Å². The van der Waals surface area contributed by atoms with Crippen molar-refractivity contribution in [3.05, 3.63) is 23.5 Å². The Morgan fingerprint density at radius 2 is 2.09 bits per heavy atom. The van der Waals surface area contributed by atoms with Crippen LogP contribution in [0.5, 0.6) is 0 Å². The fraction of sp³-hybridized carbons (Fsp3) is 0.556. The highest BCUT2D eigenvalue weighted by atomic mass is 14.8. The molecule has 0 aliphatic carbocycles. The quantitative estimate of drug-likeness (QED) is 0.668. The van der Waals surface area contributed by atoms with Crippen molar-refractivity contribution < 1.29 is 0 Å². The van der Waals surface area contributed by atoms with Gasteiger partial charge < -0.3 is 10.7 Å². The normalized spacial score (nSPS) is 13.9. The standard InChI is InChI=1S/C9H16N2/c1-6(2)9(10)8-4-7(3)5-11-8/h4-6,9,11H,10H2,1-3H3/t9-/m0/s1. The summed E-state index contributed by atoms with van der Waals surface area (Å²) in [6.07, 6.45) is 1.98. The summed E-state index contributed by atoms with van der Waals surface area (Å²) in [5.74, 6) is 0.494. The van der Waals surface area contributed by atoms with Gasteiger partial charge in [-0.25, -0.2) is 0 Å². The second-order valence-electron chi connectivity index (χ2n) is 3.40. The van der Waals surface area contributed by atoms with Crippen LogP contribution < -0.4 is 5.73 Å². The second kappa shape index (κ2) is 3.09. The van der Waals surface area contributed by atoms with Crippen molar-refractivity contribution in [2.45, 2.75) is 26.8 Å². The molecule has 62 valence electrons. The van der Waals surface area contributed by atoms with Crippen molar-refractivity contribution in [2.24, 2.45) is 11.7 Å². The van der Waals surface area contributed by atoms with Gasteiger partial charge in [-0.15, -0.1) is 0 Å². The van der Waals surface area contributed by atoms with Gasteiger partial charge in [-0.1, -0.05) is 13.8 Å². The molecule has 0 aromatic carbocycles. The maximum absolute atomic E-state index is 5.92. The molecule has 1 heterocycles. The zero-order valence-corrected chi connectivity index (χ0v) is 7.39. The third-order valence-electron chi connectivity index (χ3n) is 1.93. The van der Waals surface area contributed by atoms with Gasteiger partial charge in [0.05, 0.1) is 0 Å². The molecule has 0 unspecified atom stereocenters. The third kappa shape index (κ3) is 1.84. The summed E-state index contributed by atoms with van der Waals surface area (Å²) in [5.41, 5.74) is 8.30. The largest absolute Gasteiger partial charge is 0.363 e. The summed E-state index contributed by atoms with van der Waals surface area (Å²) in [5, 5.41) is 0. The Bertz CT molecular complexity index is 225. The van der Waals surface area contributed by atoms with Crippen molar-refractivity contribution in [1.82, 2.24) is 4.98 Å². The molecule has 0 aliphatic rings. The lowest BCUT2D eigenvalue weighted by Gasteiger charge is -2.13. The van der Waals surface area contributed by atoms with Gasteiger partial charge in [-0.2, -0.15) is 0 Å². The Hall–Kier alpha value is -0.760. The molecular formula is C9H16N2. The Morgan fingerprint density at radius 3 is 2.45 bits per heavy atom. The van der Waals surface area contributed by atoms with E-state index in [0.29, 0.717) is 5.92 Å². The number of H-pyrrole nitrogens is 1. The van der Waals surface area contributed by atoms with Crippen molar-refractivity contribution in [3.8, 4) is 0 Å². The van der Waals surface area contributed by atoms with E-state index in [1.807, 2.05) is 6.20 Å². The lowest BCUT2D eigenvalue weighted by Crippen LogP contribution is -2.16.